The van der Waals surface area contributed by atoms with Crippen molar-refractivity contribution in [1.29, 1.82) is 0 Å². The van der Waals surface area contributed by atoms with Gasteiger partial charge in [0.25, 0.3) is 0 Å². The molecule has 0 amide bonds. The number of nitrogens with zero attached hydrogens (tertiary/aromatic N) is 1. The molecule has 0 unspecified atom stereocenters. The van der Waals surface area contributed by atoms with Crippen LogP contribution in [0.2, 0.25) is 0 Å². The number of piperazine rings is 1. The number of allylic oxidation sites excluding steroid dienone is 1. The van der Waals surface area contributed by atoms with Crippen molar-refractivity contribution in [1.82, 2.24) is 10.2 Å². The molecular formula is C16H26Cl2N2O2. The molecule has 1 aromatic carbocycles. The zero-order valence-corrected chi connectivity index (χ0v) is 14.6. The van der Waals surface area contributed by atoms with E-state index in [0.29, 0.717) is 5.75 Å². The molecule has 0 aliphatic carbocycles. The van der Waals surface area contributed by atoms with Crippen molar-refractivity contribution in [3.63, 3.8) is 0 Å². The highest BCUT2D eigenvalue weighted by atomic mass is 35.5. The summed E-state index contributed by atoms with van der Waals surface area (Å²) in [6.45, 7) is 7.76. The smallest absolute Gasteiger partial charge is 0.127 e. The predicted molar refractivity (Wildman–Crippen MR) is 95.8 cm³/mol. The first-order valence-electron chi connectivity index (χ1n) is 7.19. The van der Waals surface area contributed by atoms with Crippen LogP contribution in [0.15, 0.2) is 30.9 Å². The van der Waals surface area contributed by atoms with E-state index in [4.69, 9.17) is 4.74 Å². The molecule has 1 aliphatic rings. The van der Waals surface area contributed by atoms with Crippen molar-refractivity contribution in [2.45, 2.75) is 18.9 Å². The Labute approximate surface area is 145 Å². The van der Waals surface area contributed by atoms with Crippen molar-refractivity contribution in [2.24, 2.45) is 0 Å². The van der Waals surface area contributed by atoms with Crippen LogP contribution < -0.4 is 10.1 Å². The van der Waals surface area contributed by atoms with Crippen molar-refractivity contribution in [3.05, 3.63) is 36.4 Å². The Hall–Kier alpha value is -0.940. The fraction of sp³-hybridized carbons (Fsp3) is 0.500. The molecule has 2 N–H and O–H groups in total. The molecule has 1 atom stereocenters. The first-order valence-corrected chi connectivity index (χ1v) is 7.19. The Morgan fingerprint density at radius 2 is 2.05 bits per heavy atom. The van der Waals surface area contributed by atoms with E-state index >= 15 is 0 Å². The number of halogens is 2. The molecule has 1 saturated heterocycles. The molecule has 22 heavy (non-hydrogen) atoms. The first kappa shape index (κ1) is 21.1. The number of hydrogen-bond donors (Lipinski definition) is 2. The summed E-state index contributed by atoms with van der Waals surface area (Å²) in [4.78, 5) is 2.41. The first-order chi connectivity index (χ1) is 9.77. The Balaban J connectivity index is 0.00000220. The minimum absolute atomic E-state index is 0. The van der Waals surface area contributed by atoms with Crippen LogP contribution in [0.5, 0.6) is 11.5 Å². The normalized spacial score (nSPS) is 16.0. The number of benzene rings is 1. The lowest BCUT2D eigenvalue weighted by atomic mass is 9.97. The lowest BCUT2D eigenvalue weighted by Gasteiger charge is -2.36. The molecule has 6 heteroatoms. The largest absolute Gasteiger partial charge is 0.507 e. The zero-order chi connectivity index (χ0) is 14.4. The fourth-order valence-electron chi connectivity index (χ4n) is 2.82. The summed E-state index contributed by atoms with van der Waals surface area (Å²) >= 11 is 0. The molecular weight excluding hydrogens is 323 g/mol. The molecule has 2 rings (SSSR count). The van der Waals surface area contributed by atoms with Crippen LogP contribution in [0.4, 0.5) is 0 Å². The second-order valence-corrected chi connectivity index (χ2v) is 5.06. The molecule has 1 fully saturated rings. The van der Waals surface area contributed by atoms with Crippen LogP contribution in [0.1, 0.15) is 24.4 Å². The highest BCUT2D eigenvalue weighted by Crippen LogP contribution is 2.38. The van der Waals surface area contributed by atoms with Crippen LogP contribution >= 0.6 is 24.8 Å². The monoisotopic (exact) mass is 348 g/mol. The van der Waals surface area contributed by atoms with E-state index in [1.54, 1.807) is 13.2 Å². The van der Waals surface area contributed by atoms with Gasteiger partial charge in [0.05, 0.1) is 12.7 Å². The molecule has 4 nitrogen and oxygen atoms in total. The van der Waals surface area contributed by atoms with Crippen molar-refractivity contribution in [2.75, 3.05) is 33.3 Å². The molecule has 0 aromatic heterocycles. The fourth-order valence-corrected chi connectivity index (χ4v) is 2.82. The highest BCUT2D eigenvalue weighted by Gasteiger charge is 2.26. The van der Waals surface area contributed by atoms with Gasteiger partial charge in [-0.15, -0.1) is 31.4 Å². The predicted octanol–water partition coefficient (Wildman–Crippen LogP) is 3.16. The standard InChI is InChI=1S/C16H24N2O2.2ClH/c1-3-4-6-13(18-11-9-17-10-12-18)16-14(19)7-5-8-15(16)20-2;;/h3,5,7-8,13,17,19H,1,4,6,9-12H2,2H3;2*1H/t13-;;/m0../s1. The highest BCUT2D eigenvalue weighted by molar-refractivity contribution is 5.85. The van der Waals surface area contributed by atoms with Gasteiger partial charge in [-0.1, -0.05) is 12.1 Å². The molecule has 1 aliphatic heterocycles. The van der Waals surface area contributed by atoms with Gasteiger partial charge in [-0.05, 0) is 25.0 Å². The number of rotatable bonds is 6. The summed E-state index contributed by atoms with van der Waals surface area (Å²) in [5.41, 5.74) is 0.902. The number of hydrogen-bond acceptors (Lipinski definition) is 4. The Kier molecular flexibility index (Phi) is 10.3. The maximum atomic E-state index is 10.3. The third kappa shape index (κ3) is 5.06. The number of phenolic OH excluding ortho intramolecular Hbond substituents is 1. The van der Waals surface area contributed by atoms with Gasteiger partial charge in [0.15, 0.2) is 0 Å². The van der Waals surface area contributed by atoms with E-state index in [2.05, 4.69) is 16.8 Å². The molecule has 126 valence electrons. The Bertz CT molecular complexity index is 452. The van der Waals surface area contributed by atoms with Gasteiger partial charge in [0.2, 0.25) is 0 Å². The lowest BCUT2D eigenvalue weighted by Crippen LogP contribution is -2.45. The van der Waals surface area contributed by atoms with Crippen LogP contribution in [0.3, 0.4) is 0 Å². The molecule has 0 spiro atoms. The third-order valence-corrected chi connectivity index (χ3v) is 3.83. The van der Waals surface area contributed by atoms with Crippen LogP contribution in [-0.4, -0.2) is 43.3 Å². The van der Waals surface area contributed by atoms with Gasteiger partial charge in [0, 0.05) is 32.2 Å². The van der Waals surface area contributed by atoms with Gasteiger partial charge in [-0.3, -0.25) is 4.90 Å². The second-order valence-electron chi connectivity index (χ2n) is 5.06. The van der Waals surface area contributed by atoms with Crippen LogP contribution in [0, 0.1) is 0 Å². The Morgan fingerprint density at radius 3 is 2.64 bits per heavy atom. The Morgan fingerprint density at radius 1 is 1.36 bits per heavy atom. The van der Waals surface area contributed by atoms with Gasteiger partial charge in [0.1, 0.15) is 11.5 Å². The lowest BCUT2D eigenvalue weighted by molar-refractivity contribution is 0.160. The molecule has 1 heterocycles. The average Bonchev–Trinajstić information content (AvgIpc) is 2.50. The quantitative estimate of drug-likeness (QED) is 0.775. The van der Waals surface area contributed by atoms with Crippen LogP contribution in [0.25, 0.3) is 0 Å². The number of methoxy groups -OCH3 is 1. The number of ether oxygens (including phenoxy) is 1. The third-order valence-electron chi connectivity index (χ3n) is 3.83. The molecule has 1 aromatic rings. The average molecular weight is 349 g/mol. The SMILES string of the molecule is C=CCC[C@@H](c1c(O)cccc1OC)N1CCNCC1.Cl.Cl. The molecule has 0 bridgehead atoms. The van der Waals surface area contributed by atoms with E-state index in [-0.39, 0.29) is 30.9 Å². The van der Waals surface area contributed by atoms with Gasteiger partial charge < -0.3 is 15.2 Å². The van der Waals surface area contributed by atoms with E-state index in [1.807, 2.05) is 18.2 Å². The summed E-state index contributed by atoms with van der Waals surface area (Å²) in [7, 11) is 1.65. The molecule has 0 saturated carbocycles. The van der Waals surface area contributed by atoms with E-state index in [9.17, 15) is 5.11 Å². The number of aromatic hydroxyl groups is 1. The van der Waals surface area contributed by atoms with Crippen molar-refractivity contribution >= 4 is 24.8 Å². The maximum Gasteiger partial charge on any atom is 0.127 e. The van der Waals surface area contributed by atoms with Crippen LogP contribution in [-0.2, 0) is 0 Å². The van der Waals surface area contributed by atoms with E-state index in [0.717, 1.165) is 50.3 Å². The number of nitrogens with one attached hydrogen (secondary N) is 1. The summed E-state index contributed by atoms with van der Waals surface area (Å²) in [6, 6.07) is 5.64. The van der Waals surface area contributed by atoms with Crippen molar-refractivity contribution in [3.8, 4) is 11.5 Å². The minimum atomic E-state index is 0. The minimum Gasteiger partial charge on any atom is -0.507 e. The summed E-state index contributed by atoms with van der Waals surface area (Å²) in [5, 5.41) is 13.6. The topological polar surface area (TPSA) is 44.7 Å². The molecule has 0 radical (unpaired) electrons. The second kappa shape index (κ2) is 10.7. The van der Waals surface area contributed by atoms with E-state index in [1.165, 1.54) is 0 Å². The summed E-state index contributed by atoms with van der Waals surface area (Å²) in [5.74, 6) is 1.08. The summed E-state index contributed by atoms with van der Waals surface area (Å²) in [6.07, 6.45) is 3.80. The zero-order valence-electron chi connectivity index (χ0n) is 13.0. The van der Waals surface area contributed by atoms with Crippen molar-refractivity contribution < 1.29 is 9.84 Å². The number of phenols is 1. The van der Waals surface area contributed by atoms with E-state index < -0.39 is 0 Å². The van der Waals surface area contributed by atoms with Gasteiger partial charge in [-0.2, -0.15) is 0 Å². The van der Waals surface area contributed by atoms with Gasteiger partial charge in [-0.25, -0.2) is 0 Å². The van der Waals surface area contributed by atoms with Gasteiger partial charge >= 0.3 is 0 Å². The maximum absolute atomic E-state index is 10.3. The summed E-state index contributed by atoms with van der Waals surface area (Å²) < 4.78 is 5.45.